The van der Waals surface area contributed by atoms with Gasteiger partial charge in [0.15, 0.2) is 0 Å². The standard InChI is InChI=1S/C56H33N7.Pt/c1-3-14-36(15-4-1)38-26-30-45-53(32-38)62-50-24-11-9-22-48(50)60(55(62)57-45)41-19-13-18-40(34-41)59-47-21-8-7-20-43(47)44-29-28-42(35-52(44)59)61-49-23-10-12-25-51(49)63-54-33-39(37-16-5-2-6-17-37)27-31-46(54)58-56(61)63;/h1-33H;/q-2;+2. The monoisotopic (exact) mass is 998 g/mol. The van der Waals surface area contributed by atoms with Crippen LogP contribution in [0.5, 0.6) is 0 Å². The zero-order chi connectivity index (χ0) is 41.2. The van der Waals surface area contributed by atoms with Crippen molar-refractivity contribution in [1.29, 1.82) is 0 Å². The third-order valence-corrected chi connectivity index (χ3v) is 12.7. The van der Waals surface area contributed by atoms with Crippen molar-refractivity contribution in [1.82, 2.24) is 32.5 Å². The number of fused-ring (bicyclic) bond motifs is 13. The van der Waals surface area contributed by atoms with Crippen molar-refractivity contribution in [2.24, 2.45) is 0 Å². The Morgan fingerprint density at radius 2 is 0.781 bits per heavy atom. The summed E-state index contributed by atoms with van der Waals surface area (Å²) in [5.41, 5.74) is 17.7. The molecule has 14 aromatic rings. The summed E-state index contributed by atoms with van der Waals surface area (Å²) in [6.07, 6.45) is 0. The Balaban J connectivity index is 0.00000413. The third kappa shape index (κ3) is 5.25. The van der Waals surface area contributed by atoms with Gasteiger partial charge in [0.1, 0.15) is 0 Å². The van der Waals surface area contributed by atoms with Crippen LogP contribution in [0.25, 0.3) is 117 Å². The molecule has 0 saturated heterocycles. The average molecular weight is 999 g/mol. The van der Waals surface area contributed by atoms with E-state index in [2.05, 4.69) is 235 Å². The first-order valence-electron chi connectivity index (χ1n) is 21.2. The Hall–Kier alpha value is -7.99. The fourth-order valence-corrected chi connectivity index (χ4v) is 9.86. The first-order valence-corrected chi connectivity index (χ1v) is 21.2. The van der Waals surface area contributed by atoms with Crippen LogP contribution in [-0.4, -0.2) is 32.5 Å². The first kappa shape index (κ1) is 36.6. The second-order valence-electron chi connectivity index (χ2n) is 16.2. The molecule has 5 heterocycles. The maximum absolute atomic E-state index is 5.27. The molecule has 64 heavy (non-hydrogen) atoms. The van der Waals surface area contributed by atoms with Crippen LogP contribution >= 0.6 is 0 Å². The number of imidazole rings is 4. The minimum atomic E-state index is 0. The number of benzene rings is 9. The van der Waals surface area contributed by atoms with Crippen LogP contribution in [0.1, 0.15) is 0 Å². The zero-order valence-electron chi connectivity index (χ0n) is 34.0. The topological polar surface area (TPSA) is 49.4 Å². The predicted octanol–water partition coefficient (Wildman–Crippen LogP) is 13.2. The van der Waals surface area contributed by atoms with Gasteiger partial charge >= 0.3 is 21.1 Å². The Labute approximate surface area is 380 Å². The molecule has 14 rings (SSSR count). The zero-order valence-corrected chi connectivity index (χ0v) is 36.3. The smallest absolute Gasteiger partial charge is 0.358 e. The van der Waals surface area contributed by atoms with Gasteiger partial charge in [-0.1, -0.05) is 138 Å². The largest absolute Gasteiger partial charge is 2.00 e. The summed E-state index contributed by atoms with van der Waals surface area (Å²) in [7, 11) is 0. The number of hydrogen-bond acceptors (Lipinski definition) is 2. The van der Waals surface area contributed by atoms with Crippen molar-refractivity contribution in [2.75, 3.05) is 0 Å². The van der Waals surface area contributed by atoms with Crippen molar-refractivity contribution in [3.05, 3.63) is 212 Å². The summed E-state index contributed by atoms with van der Waals surface area (Å²) in [6.45, 7) is 0. The van der Waals surface area contributed by atoms with Gasteiger partial charge in [-0.05, 0) is 82.2 Å². The van der Waals surface area contributed by atoms with E-state index in [0.717, 1.165) is 106 Å². The van der Waals surface area contributed by atoms with Gasteiger partial charge in [-0.2, -0.15) is 12.1 Å². The van der Waals surface area contributed by atoms with E-state index in [9.17, 15) is 0 Å². The SMILES string of the molecule is [Pt+2].[c-]1c(-n2c3[c-]c(-n4c5ccccc5n5c6cc(-c7ccccc7)ccc6nc45)ccc3c3ccccc32)cccc1-n1c2ccccc2n2c3cc(-c4ccccc4)ccc3nc12. The van der Waals surface area contributed by atoms with Crippen LogP contribution in [0, 0.1) is 12.1 Å². The molecule has 0 radical (unpaired) electrons. The molecule has 0 spiro atoms. The van der Waals surface area contributed by atoms with Crippen molar-refractivity contribution in [2.45, 2.75) is 0 Å². The molecule has 8 heteroatoms. The van der Waals surface area contributed by atoms with E-state index in [-0.39, 0.29) is 21.1 Å². The molecule has 302 valence electrons. The molecule has 0 unspecified atom stereocenters. The number of aromatic nitrogens is 7. The number of para-hydroxylation sites is 5. The Kier molecular flexibility index (Phi) is 8.02. The van der Waals surface area contributed by atoms with Crippen molar-refractivity contribution in [3.63, 3.8) is 0 Å². The van der Waals surface area contributed by atoms with E-state index in [4.69, 9.17) is 9.97 Å². The molecule has 0 amide bonds. The molecular weight excluding hydrogens is 966 g/mol. The van der Waals surface area contributed by atoms with Gasteiger partial charge in [-0.25, -0.2) is 9.97 Å². The van der Waals surface area contributed by atoms with Gasteiger partial charge in [-0.3, -0.25) is 8.80 Å². The van der Waals surface area contributed by atoms with E-state index in [1.807, 2.05) is 0 Å². The molecule has 0 bridgehead atoms. The number of nitrogens with zero attached hydrogens (tertiary/aromatic N) is 7. The molecule has 0 fully saturated rings. The molecule has 0 aliphatic heterocycles. The molecule has 5 aromatic heterocycles. The van der Waals surface area contributed by atoms with E-state index in [0.29, 0.717) is 0 Å². The maximum Gasteiger partial charge on any atom is 2.00 e. The van der Waals surface area contributed by atoms with E-state index >= 15 is 0 Å². The fraction of sp³-hybridized carbons (Fsp3) is 0. The van der Waals surface area contributed by atoms with Crippen LogP contribution < -0.4 is 0 Å². The molecule has 0 N–H and O–H groups in total. The molecule has 0 aliphatic carbocycles. The maximum atomic E-state index is 5.27. The Bertz CT molecular complexity index is 4150. The summed E-state index contributed by atoms with van der Waals surface area (Å²) in [5, 5.41) is 2.27. The summed E-state index contributed by atoms with van der Waals surface area (Å²) < 4.78 is 11.3. The van der Waals surface area contributed by atoms with Crippen LogP contribution in [0.3, 0.4) is 0 Å². The van der Waals surface area contributed by atoms with Gasteiger partial charge in [0.25, 0.3) is 0 Å². The van der Waals surface area contributed by atoms with E-state index in [1.165, 1.54) is 11.1 Å². The van der Waals surface area contributed by atoms with Crippen molar-refractivity contribution < 1.29 is 21.1 Å². The number of rotatable bonds is 5. The summed E-state index contributed by atoms with van der Waals surface area (Å²) in [4.78, 5) is 10.5. The minimum absolute atomic E-state index is 0. The molecule has 0 saturated carbocycles. The molecular formula is C56H33N7Pt. The van der Waals surface area contributed by atoms with Crippen molar-refractivity contribution >= 4 is 77.5 Å². The van der Waals surface area contributed by atoms with Gasteiger partial charge in [-0.15, -0.1) is 35.7 Å². The summed E-state index contributed by atoms with van der Waals surface area (Å²) >= 11 is 0. The Morgan fingerprint density at radius 1 is 0.312 bits per heavy atom. The Morgan fingerprint density at radius 3 is 1.34 bits per heavy atom. The number of hydrogen-bond donors (Lipinski definition) is 0. The van der Waals surface area contributed by atoms with Crippen LogP contribution in [0.2, 0.25) is 0 Å². The molecule has 0 aliphatic rings. The summed E-state index contributed by atoms with van der Waals surface area (Å²) in [5.74, 6) is 1.68. The van der Waals surface area contributed by atoms with Gasteiger partial charge in [0.2, 0.25) is 11.6 Å². The van der Waals surface area contributed by atoms with Crippen LogP contribution in [0.4, 0.5) is 0 Å². The van der Waals surface area contributed by atoms with Crippen LogP contribution in [-0.2, 0) is 21.1 Å². The second kappa shape index (κ2) is 14.0. The van der Waals surface area contributed by atoms with Gasteiger partial charge in [0.05, 0.1) is 44.1 Å². The predicted molar refractivity (Wildman–Crippen MR) is 256 cm³/mol. The van der Waals surface area contributed by atoms with Crippen LogP contribution in [0.15, 0.2) is 200 Å². The van der Waals surface area contributed by atoms with Crippen molar-refractivity contribution in [3.8, 4) is 39.3 Å². The fourth-order valence-electron chi connectivity index (χ4n) is 9.86. The minimum Gasteiger partial charge on any atom is -0.358 e. The van der Waals surface area contributed by atoms with E-state index < -0.39 is 0 Å². The van der Waals surface area contributed by atoms with E-state index in [1.54, 1.807) is 0 Å². The quantitative estimate of drug-likeness (QED) is 0.161. The average Bonchev–Trinajstić information content (AvgIpc) is 4.14. The summed E-state index contributed by atoms with van der Waals surface area (Å²) in [6, 6.07) is 78.4. The normalized spacial score (nSPS) is 11.9. The van der Waals surface area contributed by atoms with Gasteiger partial charge in [0, 0.05) is 5.52 Å². The molecule has 9 aromatic carbocycles. The first-order chi connectivity index (χ1) is 31.2. The second-order valence-corrected chi connectivity index (χ2v) is 16.2. The molecule has 7 nitrogen and oxygen atoms in total. The van der Waals surface area contributed by atoms with Gasteiger partial charge < -0.3 is 13.7 Å². The molecule has 0 atom stereocenters. The third-order valence-electron chi connectivity index (χ3n) is 12.7.